The number of unbranched alkanes of at least 4 members (excludes halogenated alkanes) is 37. The second kappa shape index (κ2) is 64.4. The minimum absolute atomic E-state index is 0.102. The third-order valence-electron chi connectivity index (χ3n) is 17.7. The van der Waals surface area contributed by atoms with Crippen LogP contribution in [0.25, 0.3) is 0 Å². The molecule has 3 unspecified atom stereocenters. The first-order valence-corrected chi connectivity index (χ1v) is 41.7. The normalized spacial score (nSPS) is 14.4. The van der Waals surface area contributed by atoms with Crippen molar-refractivity contribution in [2.24, 2.45) is 23.7 Å². The number of esters is 4. The molecular weight excluding hydrogens is 1230 g/mol. The standard InChI is InChI=1S/C75H146O17P2/c1-9-68(8)54-46-38-29-23-18-16-14-12-10-11-13-15-17-19-24-30-39-47-55-72(77)85-61-70(91-74(79)57-49-41-31-25-21-20-22-27-35-43-51-65(2)3)63-89-93(81,82)87-59-69(76)60-88-94(83,84)90-64-71(62-86-73(78)56-48-40-34-33-37-45-53-67(6)7)92-75(80)58-50-42-32-26-28-36-44-52-66(4)5/h65-71,76H,9-64H2,1-8H3,(H,81,82)(H,83,84)/t68?,69-,70-,71-/m1/s1. The lowest BCUT2D eigenvalue weighted by Crippen LogP contribution is -2.30. The van der Waals surface area contributed by atoms with E-state index in [1.165, 1.54) is 173 Å². The van der Waals surface area contributed by atoms with Crippen molar-refractivity contribution >= 4 is 39.5 Å². The first-order valence-electron chi connectivity index (χ1n) is 38.7. The van der Waals surface area contributed by atoms with Gasteiger partial charge in [0.15, 0.2) is 12.2 Å². The number of aliphatic hydroxyl groups excluding tert-OH is 1. The molecule has 0 saturated heterocycles. The molecule has 0 saturated carbocycles. The number of rotatable bonds is 72. The fraction of sp³-hybridized carbons (Fsp3) is 0.947. The van der Waals surface area contributed by atoms with Gasteiger partial charge in [-0.1, -0.05) is 325 Å². The molecule has 0 aromatic heterocycles. The van der Waals surface area contributed by atoms with E-state index in [0.717, 1.165) is 108 Å². The van der Waals surface area contributed by atoms with E-state index in [9.17, 15) is 43.2 Å². The van der Waals surface area contributed by atoms with Gasteiger partial charge in [0.05, 0.1) is 26.4 Å². The van der Waals surface area contributed by atoms with Crippen molar-refractivity contribution in [3.05, 3.63) is 0 Å². The summed E-state index contributed by atoms with van der Waals surface area (Å²) in [6, 6.07) is 0. The van der Waals surface area contributed by atoms with Gasteiger partial charge in [0.1, 0.15) is 19.3 Å². The highest BCUT2D eigenvalue weighted by molar-refractivity contribution is 7.47. The average molecular weight is 1380 g/mol. The van der Waals surface area contributed by atoms with Gasteiger partial charge in [0.2, 0.25) is 0 Å². The second-order valence-electron chi connectivity index (χ2n) is 28.7. The number of carbonyl (C=O) groups is 4. The van der Waals surface area contributed by atoms with Crippen molar-refractivity contribution in [1.29, 1.82) is 0 Å². The quantitative estimate of drug-likeness (QED) is 0.0222. The van der Waals surface area contributed by atoms with Gasteiger partial charge in [-0.2, -0.15) is 0 Å². The Morgan fingerprint density at radius 3 is 0.755 bits per heavy atom. The number of carbonyl (C=O) groups excluding carboxylic acids is 4. The molecule has 0 aromatic carbocycles. The molecule has 0 heterocycles. The summed E-state index contributed by atoms with van der Waals surface area (Å²) in [4.78, 5) is 72.6. The van der Waals surface area contributed by atoms with Crippen molar-refractivity contribution in [2.45, 2.75) is 395 Å². The van der Waals surface area contributed by atoms with Crippen LogP contribution in [0.2, 0.25) is 0 Å². The van der Waals surface area contributed by atoms with Crippen LogP contribution in [-0.4, -0.2) is 96.7 Å². The maximum atomic E-state index is 13.1. The maximum absolute atomic E-state index is 13.1. The summed E-state index contributed by atoms with van der Waals surface area (Å²) < 4.78 is 68.3. The van der Waals surface area contributed by atoms with Crippen molar-refractivity contribution in [1.82, 2.24) is 0 Å². The van der Waals surface area contributed by atoms with E-state index in [0.29, 0.717) is 37.5 Å². The van der Waals surface area contributed by atoms with Crippen LogP contribution in [-0.2, 0) is 65.4 Å². The van der Waals surface area contributed by atoms with E-state index in [2.05, 4.69) is 55.4 Å². The lowest BCUT2D eigenvalue weighted by atomic mass is 9.99. The molecule has 0 rings (SSSR count). The molecule has 0 aliphatic carbocycles. The van der Waals surface area contributed by atoms with Gasteiger partial charge in [-0.3, -0.25) is 37.3 Å². The number of phosphoric acid groups is 2. The van der Waals surface area contributed by atoms with E-state index in [1.54, 1.807) is 0 Å². The van der Waals surface area contributed by atoms with Gasteiger partial charge >= 0.3 is 39.5 Å². The molecule has 0 fully saturated rings. The van der Waals surface area contributed by atoms with Gasteiger partial charge in [0.25, 0.3) is 0 Å². The Kier molecular flexibility index (Phi) is 63.1. The highest BCUT2D eigenvalue weighted by Crippen LogP contribution is 2.45. The highest BCUT2D eigenvalue weighted by Gasteiger charge is 2.30. The number of hydrogen-bond acceptors (Lipinski definition) is 15. The molecule has 3 N–H and O–H groups in total. The summed E-state index contributed by atoms with van der Waals surface area (Å²) in [7, 11) is -9.91. The van der Waals surface area contributed by atoms with Gasteiger partial charge in [-0.25, -0.2) is 9.13 Å². The van der Waals surface area contributed by atoms with Crippen molar-refractivity contribution < 1.29 is 80.2 Å². The van der Waals surface area contributed by atoms with Crippen LogP contribution in [0.5, 0.6) is 0 Å². The first-order chi connectivity index (χ1) is 45.1. The molecule has 0 radical (unpaired) electrons. The Balaban J connectivity index is 5.14. The number of ether oxygens (including phenoxy) is 4. The van der Waals surface area contributed by atoms with Crippen LogP contribution >= 0.6 is 15.6 Å². The molecule has 17 nitrogen and oxygen atoms in total. The zero-order valence-corrected chi connectivity index (χ0v) is 63.4. The Labute approximate surface area is 575 Å². The molecule has 0 amide bonds. The maximum Gasteiger partial charge on any atom is 0.472 e. The Bertz CT molecular complexity index is 1850. The van der Waals surface area contributed by atoms with Crippen LogP contribution in [0, 0.1) is 23.7 Å². The highest BCUT2D eigenvalue weighted by atomic mass is 31.2. The third kappa shape index (κ3) is 67.3. The van der Waals surface area contributed by atoms with E-state index in [1.807, 2.05) is 0 Å². The molecular formula is C75H146O17P2. The molecule has 0 bridgehead atoms. The summed E-state index contributed by atoms with van der Waals surface area (Å²) in [6.07, 6.45) is 49.0. The summed E-state index contributed by atoms with van der Waals surface area (Å²) in [5.41, 5.74) is 0. The number of phosphoric ester groups is 2. The fourth-order valence-corrected chi connectivity index (χ4v) is 12.9. The van der Waals surface area contributed by atoms with Crippen LogP contribution in [0.3, 0.4) is 0 Å². The summed E-state index contributed by atoms with van der Waals surface area (Å²) in [5, 5.41) is 10.6. The van der Waals surface area contributed by atoms with Crippen LogP contribution in [0.15, 0.2) is 0 Å². The molecule has 558 valence electrons. The molecule has 0 aromatic rings. The smallest absolute Gasteiger partial charge is 0.462 e. The molecule has 6 atom stereocenters. The minimum atomic E-state index is -4.96. The topological polar surface area (TPSA) is 237 Å². The first kappa shape index (κ1) is 92.1. The monoisotopic (exact) mass is 1380 g/mol. The molecule has 94 heavy (non-hydrogen) atoms. The summed E-state index contributed by atoms with van der Waals surface area (Å²) in [6.45, 7) is 14.1. The second-order valence-corrected chi connectivity index (χ2v) is 31.6. The molecule has 19 heteroatoms. The zero-order chi connectivity index (χ0) is 69.6. The predicted octanol–water partition coefficient (Wildman–Crippen LogP) is 21.7. The Morgan fingerprint density at radius 1 is 0.298 bits per heavy atom. The Morgan fingerprint density at radius 2 is 0.511 bits per heavy atom. The lowest BCUT2D eigenvalue weighted by Gasteiger charge is -2.21. The van der Waals surface area contributed by atoms with Gasteiger partial charge in [-0.15, -0.1) is 0 Å². The summed E-state index contributed by atoms with van der Waals surface area (Å²) >= 11 is 0. The van der Waals surface area contributed by atoms with Gasteiger partial charge < -0.3 is 33.8 Å². The summed E-state index contributed by atoms with van der Waals surface area (Å²) in [5.74, 6) is 0.873. The molecule has 0 aliphatic heterocycles. The van der Waals surface area contributed by atoms with Crippen molar-refractivity contribution in [3.8, 4) is 0 Å². The van der Waals surface area contributed by atoms with Crippen LogP contribution < -0.4 is 0 Å². The van der Waals surface area contributed by atoms with E-state index in [-0.39, 0.29) is 25.7 Å². The molecule has 0 spiro atoms. The van der Waals surface area contributed by atoms with Gasteiger partial charge in [-0.05, 0) is 49.4 Å². The SMILES string of the molecule is CCC(C)CCCCCCCCCCCCCCCCCCCCC(=O)OC[C@H](COP(=O)(O)OC[C@@H](O)COP(=O)(O)OC[C@@H](COC(=O)CCCCCCCCC(C)C)OC(=O)CCCCCCCCCC(C)C)OC(=O)CCCCCCCCCCCCC(C)C. The van der Waals surface area contributed by atoms with Crippen molar-refractivity contribution in [3.63, 3.8) is 0 Å². The van der Waals surface area contributed by atoms with E-state index in [4.69, 9.17) is 37.0 Å². The average Bonchev–Trinajstić information content (AvgIpc) is 1.46. The van der Waals surface area contributed by atoms with Crippen LogP contribution in [0.1, 0.15) is 376 Å². The predicted molar refractivity (Wildman–Crippen MR) is 381 cm³/mol. The Hall–Kier alpha value is -1.94. The lowest BCUT2D eigenvalue weighted by molar-refractivity contribution is -0.161. The fourth-order valence-electron chi connectivity index (χ4n) is 11.3. The number of hydrogen-bond donors (Lipinski definition) is 3. The van der Waals surface area contributed by atoms with E-state index < -0.39 is 97.5 Å². The van der Waals surface area contributed by atoms with Gasteiger partial charge in [0, 0.05) is 25.7 Å². The number of aliphatic hydroxyl groups is 1. The van der Waals surface area contributed by atoms with Crippen molar-refractivity contribution in [2.75, 3.05) is 39.6 Å². The van der Waals surface area contributed by atoms with Crippen LogP contribution in [0.4, 0.5) is 0 Å². The molecule has 0 aliphatic rings. The minimum Gasteiger partial charge on any atom is -0.462 e. The zero-order valence-electron chi connectivity index (χ0n) is 61.6. The largest absolute Gasteiger partial charge is 0.472 e. The van der Waals surface area contributed by atoms with E-state index >= 15 is 0 Å². The third-order valence-corrected chi connectivity index (χ3v) is 19.6.